The van der Waals surface area contributed by atoms with Crippen LogP contribution in [0.1, 0.15) is 11.1 Å². The highest BCUT2D eigenvalue weighted by Crippen LogP contribution is 2.33. The van der Waals surface area contributed by atoms with Gasteiger partial charge in [0, 0.05) is 54.5 Å². The van der Waals surface area contributed by atoms with Crippen molar-refractivity contribution in [2.75, 3.05) is 32.8 Å². The quantitative estimate of drug-likeness (QED) is 0.593. The van der Waals surface area contributed by atoms with Gasteiger partial charge in [-0.05, 0) is 48.4 Å². The second kappa shape index (κ2) is 9.73. The van der Waals surface area contributed by atoms with E-state index in [0.29, 0.717) is 23.9 Å². The molecule has 0 atom stereocenters. The van der Waals surface area contributed by atoms with Crippen LogP contribution in [-0.4, -0.2) is 58.7 Å². The molecule has 4 rings (SSSR count). The van der Waals surface area contributed by atoms with Gasteiger partial charge in [0.2, 0.25) is 0 Å². The second-order valence-electron chi connectivity index (χ2n) is 7.64. The van der Waals surface area contributed by atoms with Gasteiger partial charge < -0.3 is 9.64 Å². The number of aryl methyl sites for hydroxylation is 1. The van der Waals surface area contributed by atoms with Crippen LogP contribution in [0.4, 0.5) is 0 Å². The van der Waals surface area contributed by atoms with Gasteiger partial charge in [0.1, 0.15) is 5.75 Å². The normalized spacial score (nSPS) is 14.6. The fourth-order valence-electron chi connectivity index (χ4n) is 3.62. The molecule has 1 aromatic heterocycles. The summed E-state index contributed by atoms with van der Waals surface area (Å²) >= 11 is 12.2. The van der Waals surface area contributed by atoms with Crippen LogP contribution < -0.4 is 4.74 Å². The molecule has 0 bridgehead atoms. The van der Waals surface area contributed by atoms with E-state index >= 15 is 0 Å². The van der Waals surface area contributed by atoms with Crippen molar-refractivity contribution in [3.8, 4) is 17.0 Å². The lowest BCUT2D eigenvalue weighted by Crippen LogP contribution is -2.49. The lowest BCUT2D eigenvalue weighted by Gasteiger charge is -2.34. The van der Waals surface area contributed by atoms with Crippen molar-refractivity contribution in [1.29, 1.82) is 0 Å². The zero-order chi connectivity index (χ0) is 21.8. The Morgan fingerprint density at radius 3 is 2.52 bits per heavy atom. The molecule has 1 amide bonds. The third-order valence-corrected chi connectivity index (χ3v) is 6.11. The predicted molar refractivity (Wildman–Crippen MR) is 123 cm³/mol. The monoisotopic (exact) mass is 458 g/mol. The standard InChI is InChI=1S/C23H24Cl2N4O2/c1-16-12-22(19(13-20(16)25)21-6-7-26-27-21)31-15-23(30)29-10-8-28(9-11-29)14-17-2-4-18(24)5-3-17/h2-7,12-13H,8-11,14-15H2,1H3,(H,26,27). The topological polar surface area (TPSA) is 61.5 Å². The smallest absolute Gasteiger partial charge is 0.260 e. The summed E-state index contributed by atoms with van der Waals surface area (Å²) in [6.07, 6.45) is 1.67. The highest BCUT2D eigenvalue weighted by molar-refractivity contribution is 6.31. The van der Waals surface area contributed by atoms with E-state index in [1.54, 1.807) is 6.20 Å². The van der Waals surface area contributed by atoms with Crippen molar-refractivity contribution in [2.24, 2.45) is 0 Å². The summed E-state index contributed by atoms with van der Waals surface area (Å²) in [6, 6.07) is 13.4. The molecule has 162 valence electrons. The Morgan fingerprint density at radius 1 is 1.10 bits per heavy atom. The molecule has 1 fully saturated rings. The molecule has 0 unspecified atom stereocenters. The first-order valence-corrected chi connectivity index (χ1v) is 10.9. The number of nitrogens with zero attached hydrogens (tertiary/aromatic N) is 3. The van der Waals surface area contributed by atoms with Gasteiger partial charge in [0.15, 0.2) is 6.61 Å². The van der Waals surface area contributed by atoms with Gasteiger partial charge in [-0.15, -0.1) is 0 Å². The van der Waals surface area contributed by atoms with Crippen LogP contribution in [0.5, 0.6) is 5.75 Å². The zero-order valence-corrected chi connectivity index (χ0v) is 18.8. The summed E-state index contributed by atoms with van der Waals surface area (Å²) < 4.78 is 5.92. The van der Waals surface area contributed by atoms with E-state index in [1.807, 2.05) is 54.3 Å². The number of H-pyrrole nitrogens is 1. The highest BCUT2D eigenvalue weighted by Gasteiger charge is 2.22. The van der Waals surface area contributed by atoms with Crippen molar-refractivity contribution in [3.63, 3.8) is 0 Å². The number of carbonyl (C=O) groups is 1. The molecule has 2 aromatic carbocycles. The first kappa shape index (κ1) is 21.7. The highest BCUT2D eigenvalue weighted by atomic mass is 35.5. The lowest BCUT2D eigenvalue weighted by atomic mass is 10.1. The molecule has 6 nitrogen and oxygen atoms in total. The van der Waals surface area contributed by atoms with Gasteiger partial charge >= 0.3 is 0 Å². The van der Waals surface area contributed by atoms with Crippen LogP contribution in [0, 0.1) is 6.92 Å². The van der Waals surface area contributed by atoms with Crippen molar-refractivity contribution in [3.05, 3.63) is 69.8 Å². The summed E-state index contributed by atoms with van der Waals surface area (Å²) in [4.78, 5) is 16.9. The molecule has 1 aliphatic heterocycles. The molecule has 0 saturated carbocycles. The molecular formula is C23H24Cl2N4O2. The summed E-state index contributed by atoms with van der Waals surface area (Å²) in [6.45, 7) is 5.77. The van der Waals surface area contributed by atoms with Gasteiger partial charge in [-0.2, -0.15) is 5.10 Å². The van der Waals surface area contributed by atoms with Crippen LogP contribution >= 0.6 is 23.2 Å². The molecule has 0 spiro atoms. The SMILES string of the molecule is Cc1cc(OCC(=O)N2CCN(Cc3ccc(Cl)cc3)CC2)c(-c2ccn[nH]2)cc1Cl. The largest absolute Gasteiger partial charge is 0.483 e. The number of aromatic amines is 1. The third-order valence-electron chi connectivity index (χ3n) is 5.45. The number of nitrogens with one attached hydrogen (secondary N) is 1. The average Bonchev–Trinajstić information content (AvgIpc) is 3.31. The zero-order valence-electron chi connectivity index (χ0n) is 17.3. The fourth-order valence-corrected chi connectivity index (χ4v) is 3.91. The number of rotatable bonds is 6. The Labute approximate surface area is 191 Å². The van der Waals surface area contributed by atoms with Crippen LogP contribution in [0.15, 0.2) is 48.7 Å². The van der Waals surface area contributed by atoms with E-state index in [-0.39, 0.29) is 12.5 Å². The molecule has 0 radical (unpaired) electrons. The number of halogens is 2. The van der Waals surface area contributed by atoms with Crippen molar-refractivity contribution >= 4 is 29.1 Å². The summed E-state index contributed by atoms with van der Waals surface area (Å²) in [7, 11) is 0. The van der Waals surface area contributed by atoms with Crippen LogP contribution in [0.25, 0.3) is 11.3 Å². The number of hydrogen-bond acceptors (Lipinski definition) is 4. The average molecular weight is 459 g/mol. The van der Waals surface area contributed by atoms with Crippen LogP contribution in [0.2, 0.25) is 10.0 Å². The van der Waals surface area contributed by atoms with E-state index in [9.17, 15) is 4.79 Å². The lowest BCUT2D eigenvalue weighted by molar-refractivity contribution is -0.135. The maximum atomic E-state index is 12.7. The van der Waals surface area contributed by atoms with E-state index in [1.165, 1.54) is 5.56 Å². The van der Waals surface area contributed by atoms with Gasteiger partial charge in [0.05, 0.1) is 5.69 Å². The predicted octanol–water partition coefficient (Wildman–Crippen LogP) is 4.42. The maximum Gasteiger partial charge on any atom is 0.260 e. The van der Waals surface area contributed by atoms with Gasteiger partial charge in [-0.1, -0.05) is 35.3 Å². The number of benzene rings is 2. The van der Waals surface area contributed by atoms with Crippen LogP contribution in [-0.2, 0) is 11.3 Å². The molecule has 1 aliphatic rings. The number of hydrogen-bond donors (Lipinski definition) is 1. The van der Waals surface area contributed by atoms with E-state index in [2.05, 4.69) is 15.1 Å². The number of aromatic nitrogens is 2. The van der Waals surface area contributed by atoms with Gasteiger partial charge in [-0.25, -0.2) is 0 Å². The van der Waals surface area contributed by atoms with E-state index in [0.717, 1.165) is 41.5 Å². The first-order valence-electron chi connectivity index (χ1n) is 10.2. The van der Waals surface area contributed by atoms with Crippen molar-refractivity contribution < 1.29 is 9.53 Å². The molecule has 1 N–H and O–H groups in total. The van der Waals surface area contributed by atoms with Crippen molar-refractivity contribution in [2.45, 2.75) is 13.5 Å². The first-order chi connectivity index (χ1) is 15.0. The Hall–Kier alpha value is -2.54. The third kappa shape index (κ3) is 5.39. The summed E-state index contributed by atoms with van der Waals surface area (Å²) in [5.74, 6) is 0.593. The number of piperazine rings is 1. The molecular weight excluding hydrogens is 435 g/mol. The summed E-state index contributed by atoms with van der Waals surface area (Å²) in [5.41, 5.74) is 3.69. The minimum atomic E-state index is -0.0192. The Kier molecular flexibility index (Phi) is 6.80. The van der Waals surface area contributed by atoms with E-state index in [4.69, 9.17) is 27.9 Å². The Morgan fingerprint density at radius 2 is 1.84 bits per heavy atom. The molecule has 31 heavy (non-hydrogen) atoms. The maximum absolute atomic E-state index is 12.7. The fraction of sp³-hybridized carbons (Fsp3) is 0.304. The number of ether oxygens (including phenoxy) is 1. The Bertz CT molecular complexity index is 1030. The van der Waals surface area contributed by atoms with Crippen LogP contribution in [0.3, 0.4) is 0 Å². The molecule has 3 aromatic rings. The number of amides is 1. The molecule has 1 saturated heterocycles. The number of carbonyl (C=O) groups excluding carboxylic acids is 1. The van der Waals surface area contributed by atoms with E-state index < -0.39 is 0 Å². The van der Waals surface area contributed by atoms with Crippen molar-refractivity contribution in [1.82, 2.24) is 20.0 Å². The van der Waals surface area contributed by atoms with Gasteiger partial charge in [0.25, 0.3) is 5.91 Å². The molecule has 2 heterocycles. The van der Waals surface area contributed by atoms with Gasteiger partial charge in [-0.3, -0.25) is 14.8 Å². The molecule has 0 aliphatic carbocycles. The minimum absolute atomic E-state index is 0.0145. The molecule has 8 heteroatoms. The Balaban J connectivity index is 1.33. The minimum Gasteiger partial charge on any atom is -0.483 e. The summed E-state index contributed by atoms with van der Waals surface area (Å²) in [5, 5.41) is 8.29. The second-order valence-corrected chi connectivity index (χ2v) is 8.48.